The van der Waals surface area contributed by atoms with Crippen LogP contribution in [0.4, 0.5) is 13.2 Å². The molecule has 1 saturated heterocycles. The predicted molar refractivity (Wildman–Crippen MR) is 87.0 cm³/mol. The first kappa shape index (κ1) is 19.4. The van der Waals surface area contributed by atoms with Crippen LogP contribution in [0, 0.1) is 11.8 Å². The van der Waals surface area contributed by atoms with E-state index in [1.807, 2.05) is 0 Å². The van der Waals surface area contributed by atoms with E-state index in [0.717, 1.165) is 17.7 Å². The summed E-state index contributed by atoms with van der Waals surface area (Å²) >= 11 is 0. The quantitative estimate of drug-likeness (QED) is 0.705. The third kappa shape index (κ3) is 4.51. The van der Waals surface area contributed by atoms with E-state index in [2.05, 4.69) is 0 Å². The van der Waals surface area contributed by atoms with Crippen LogP contribution in [-0.2, 0) is 20.9 Å². The Morgan fingerprint density at radius 1 is 1.19 bits per heavy atom. The molecule has 1 aliphatic heterocycles. The number of carbonyl (C=O) groups excluding carboxylic acids is 3. The second-order valence-electron chi connectivity index (χ2n) is 7.02. The summed E-state index contributed by atoms with van der Waals surface area (Å²) in [5.41, 5.74) is 0. The minimum Gasteiger partial charge on any atom is -0.467 e. The van der Waals surface area contributed by atoms with Gasteiger partial charge in [-0.2, -0.15) is 13.2 Å². The number of carbonyl (C=O) groups is 3. The molecule has 1 aromatic heterocycles. The van der Waals surface area contributed by atoms with Gasteiger partial charge in [0.25, 0.3) is 0 Å². The summed E-state index contributed by atoms with van der Waals surface area (Å²) in [7, 11) is 0. The van der Waals surface area contributed by atoms with Gasteiger partial charge in [-0.05, 0) is 25.0 Å². The molecule has 3 amide bonds. The Bertz CT molecular complexity index is 678. The minimum absolute atomic E-state index is 0.185. The first-order chi connectivity index (χ1) is 12.8. The normalized spacial score (nSPS) is 22.9. The molecule has 2 aliphatic rings. The summed E-state index contributed by atoms with van der Waals surface area (Å²) in [6.07, 6.45) is -0.513. The molecule has 1 aliphatic carbocycles. The maximum atomic E-state index is 12.8. The molecule has 9 heteroatoms. The maximum Gasteiger partial charge on any atom is 0.406 e. The SMILES string of the molecule is O=C(CCN1C(=O)C2CCCCC2C1=O)N(Cc1ccco1)CC(F)(F)F. The van der Waals surface area contributed by atoms with E-state index < -0.39 is 18.6 Å². The Hall–Kier alpha value is -2.32. The van der Waals surface area contributed by atoms with Crippen molar-refractivity contribution in [2.24, 2.45) is 11.8 Å². The maximum absolute atomic E-state index is 12.8. The van der Waals surface area contributed by atoms with Gasteiger partial charge in [0.1, 0.15) is 12.3 Å². The minimum atomic E-state index is -4.56. The first-order valence-electron chi connectivity index (χ1n) is 8.98. The zero-order valence-corrected chi connectivity index (χ0v) is 14.7. The molecule has 2 heterocycles. The summed E-state index contributed by atoms with van der Waals surface area (Å²) < 4.78 is 43.5. The smallest absolute Gasteiger partial charge is 0.406 e. The van der Waals surface area contributed by atoms with Gasteiger partial charge in [0.05, 0.1) is 24.6 Å². The summed E-state index contributed by atoms with van der Waals surface area (Å²) in [6.45, 7) is -1.92. The monoisotopic (exact) mass is 386 g/mol. The molecule has 0 radical (unpaired) electrons. The van der Waals surface area contributed by atoms with Gasteiger partial charge in [0.15, 0.2) is 0 Å². The fourth-order valence-electron chi connectivity index (χ4n) is 3.86. The van der Waals surface area contributed by atoms with E-state index in [1.165, 1.54) is 18.4 Å². The Morgan fingerprint density at radius 2 is 1.81 bits per heavy atom. The number of alkyl halides is 3. The van der Waals surface area contributed by atoms with Crippen molar-refractivity contribution in [3.63, 3.8) is 0 Å². The van der Waals surface area contributed by atoms with E-state index >= 15 is 0 Å². The van der Waals surface area contributed by atoms with Gasteiger partial charge in [-0.1, -0.05) is 12.8 Å². The summed E-state index contributed by atoms with van der Waals surface area (Å²) in [4.78, 5) is 38.9. The third-order valence-corrected chi connectivity index (χ3v) is 5.13. The van der Waals surface area contributed by atoms with Gasteiger partial charge >= 0.3 is 6.18 Å². The number of hydrogen-bond donors (Lipinski definition) is 0. The van der Waals surface area contributed by atoms with Crippen LogP contribution in [0.5, 0.6) is 0 Å². The second-order valence-corrected chi connectivity index (χ2v) is 7.02. The molecular formula is C18H21F3N2O4. The largest absolute Gasteiger partial charge is 0.467 e. The van der Waals surface area contributed by atoms with Crippen LogP contribution in [-0.4, -0.2) is 46.8 Å². The lowest BCUT2D eigenvalue weighted by Gasteiger charge is -2.24. The highest BCUT2D eigenvalue weighted by Crippen LogP contribution is 2.38. The fraction of sp³-hybridized carbons (Fsp3) is 0.611. The molecule has 0 aromatic carbocycles. The van der Waals surface area contributed by atoms with Crippen LogP contribution < -0.4 is 0 Å². The molecule has 2 fully saturated rings. The van der Waals surface area contributed by atoms with Crippen molar-refractivity contribution in [1.82, 2.24) is 9.80 Å². The number of furan rings is 1. The Balaban J connectivity index is 1.63. The Morgan fingerprint density at radius 3 is 2.33 bits per heavy atom. The summed E-state index contributed by atoms with van der Waals surface area (Å²) in [6, 6.07) is 3.00. The lowest BCUT2D eigenvalue weighted by Crippen LogP contribution is -2.41. The standard InChI is InChI=1S/C18H21F3N2O4/c19-18(20,21)11-22(10-12-4-3-9-27-12)15(24)7-8-23-16(25)13-5-1-2-6-14(13)17(23)26/h3-4,9,13-14H,1-2,5-8,10-11H2. The van der Waals surface area contributed by atoms with Crippen molar-refractivity contribution >= 4 is 17.7 Å². The zero-order valence-electron chi connectivity index (χ0n) is 14.7. The number of hydrogen-bond acceptors (Lipinski definition) is 4. The van der Waals surface area contributed by atoms with Crippen LogP contribution in [0.25, 0.3) is 0 Å². The molecule has 148 valence electrons. The van der Waals surface area contributed by atoms with Crippen molar-refractivity contribution in [3.05, 3.63) is 24.2 Å². The second kappa shape index (κ2) is 7.74. The van der Waals surface area contributed by atoms with Crippen LogP contribution in [0.2, 0.25) is 0 Å². The summed E-state index contributed by atoms with van der Waals surface area (Å²) in [5, 5.41) is 0. The van der Waals surface area contributed by atoms with E-state index in [1.54, 1.807) is 0 Å². The Labute approximate surface area is 154 Å². The molecule has 2 atom stereocenters. The van der Waals surface area contributed by atoms with E-state index in [0.29, 0.717) is 17.7 Å². The first-order valence-corrected chi connectivity index (χ1v) is 8.98. The van der Waals surface area contributed by atoms with Crippen LogP contribution in [0.15, 0.2) is 22.8 Å². The number of rotatable bonds is 6. The Kier molecular flexibility index (Phi) is 5.57. The van der Waals surface area contributed by atoms with Gasteiger partial charge in [-0.3, -0.25) is 19.3 Å². The van der Waals surface area contributed by atoms with Crippen LogP contribution in [0.1, 0.15) is 37.9 Å². The number of nitrogens with zero attached hydrogens (tertiary/aromatic N) is 2. The van der Waals surface area contributed by atoms with Crippen molar-refractivity contribution in [2.75, 3.05) is 13.1 Å². The van der Waals surface area contributed by atoms with Gasteiger partial charge in [-0.15, -0.1) is 0 Å². The fourth-order valence-corrected chi connectivity index (χ4v) is 3.86. The molecule has 0 spiro atoms. The number of fused-ring (bicyclic) bond motifs is 1. The van der Waals surface area contributed by atoms with Gasteiger partial charge in [0, 0.05) is 13.0 Å². The molecule has 6 nitrogen and oxygen atoms in total. The highest BCUT2D eigenvalue weighted by molar-refractivity contribution is 6.05. The van der Waals surface area contributed by atoms with Crippen molar-refractivity contribution < 1.29 is 32.0 Å². The van der Waals surface area contributed by atoms with Crippen molar-refractivity contribution in [2.45, 2.75) is 44.8 Å². The van der Waals surface area contributed by atoms with E-state index in [4.69, 9.17) is 4.42 Å². The van der Waals surface area contributed by atoms with Crippen LogP contribution in [0.3, 0.4) is 0 Å². The average molecular weight is 386 g/mol. The molecule has 0 N–H and O–H groups in total. The number of amides is 3. The van der Waals surface area contributed by atoms with Crippen LogP contribution >= 0.6 is 0 Å². The molecule has 1 saturated carbocycles. The third-order valence-electron chi connectivity index (χ3n) is 5.13. The number of imide groups is 1. The molecule has 27 heavy (non-hydrogen) atoms. The highest BCUT2D eigenvalue weighted by Gasteiger charge is 2.48. The molecule has 1 aromatic rings. The van der Waals surface area contributed by atoms with Crippen molar-refractivity contribution in [1.29, 1.82) is 0 Å². The van der Waals surface area contributed by atoms with E-state index in [-0.39, 0.29) is 48.9 Å². The molecular weight excluding hydrogens is 365 g/mol. The summed E-state index contributed by atoms with van der Waals surface area (Å²) in [5.74, 6) is -1.82. The zero-order chi connectivity index (χ0) is 19.6. The highest BCUT2D eigenvalue weighted by atomic mass is 19.4. The molecule has 0 bridgehead atoms. The van der Waals surface area contributed by atoms with Gasteiger partial charge in [0.2, 0.25) is 17.7 Å². The predicted octanol–water partition coefficient (Wildman–Crippen LogP) is 2.74. The van der Waals surface area contributed by atoms with E-state index in [9.17, 15) is 27.6 Å². The topological polar surface area (TPSA) is 70.8 Å². The number of halogens is 3. The molecule has 2 unspecified atom stereocenters. The van der Waals surface area contributed by atoms with Crippen molar-refractivity contribution in [3.8, 4) is 0 Å². The average Bonchev–Trinajstić information content (AvgIpc) is 3.20. The lowest BCUT2D eigenvalue weighted by molar-refractivity contribution is -0.163. The number of likely N-dealkylation sites (tertiary alicyclic amines) is 1. The lowest BCUT2D eigenvalue weighted by atomic mass is 9.81. The molecule has 3 rings (SSSR count). The van der Waals surface area contributed by atoms with Gasteiger partial charge in [-0.25, -0.2) is 0 Å². The van der Waals surface area contributed by atoms with Gasteiger partial charge < -0.3 is 9.32 Å².